The van der Waals surface area contributed by atoms with E-state index in [-0.39, 0.29) is 22.9 Å². The Labute approximate surface area is 203 Å². The number of aromatic nitrogens is 1. The average Bonchev–Trinajstić information content (AvgIpc) is 2.76. The number of rotatable bonds is 0. The molecule has 6 aliphatic heterocycles. The molecule has 7 rings (SSSR count). The standard InChI is InChI=1S/2C6H12N2.C6H7NO.CHF3O3S.Cu/c2*1-2-8-5-3-7(1)4-6-8;1-5-3-2-4-6(8)7-5;2-1(3,4)8(5,6)7;/h2*1-6H2;2-4H,1H3,(H,7,8);(H,5,6,7);/q;;;;+1/p-1. The van der Waals surface area contributed by atoms with E-state index in [0.717, 1.165) is 5.69 Å². The van der Waals surface area contributed by atoms with Crippen molar-refractivity contribution in [2.75, 3.05) is 78.5 Å². The predicted octanol–water partition coefficient (Wildman–Crippen LogP) is 0.380. The quantitative estimate of drug-likeness (QED) is 0.281. The first-order valence-electron chi connectivity index (χ1n) is 10.5. The number of nitrogens with zero attached hydrogens (tertiary/aromatic N) is 5. The van der Waals surface area contributed by atoms with Gasteiger partial charge >= 0.3 is 22.6 Å². The third kappa shape index (κ3) is 11.3. The van der Waals surface area contributed by atoms with Gasteiger partial charge in [-0.1, -0.05) is 6.07 Å². The Kier molecular flexibility index (Phi) is 12.5. The van der Waals surface area contributed by atoms with Crippen LogP contribution in [0.4, 0.5) is 13.2 Å². The molecule has 194 valence electrons. The Hall–Kier alpha value is -0.991. The molecule has 7 heterocycles. The number of halogens is 3. The summed E-state index contributed by atoms with van der Waals surface area (Å²) < 4.78 is 58.9. The molecule has 6 aliphatic rings. The third-order valence-electron chi connectivity index (χ3n) is 5.55. The van der Waals surface area contributed by atoms with Gasteiger partial charge in [-0.05, 0) is 13.0 Å². The van der Waals surface area contributed by atoms with Crippen LogP contribution in [0.5, 0.6) is 5.88 Å². The molecule has 0 saturated carbocycles. The fraction of sp³-hybridized carbons (Fsp3) is 0.737. The van der Waals surface area contributed by atoms with Crippen LogP contribution >= 0.6 is 0 Å². The van der Waals surface area contributed by atoms with Gasteiger partial charge in [-0.15, -0.1) is 0 Å². The van der Waals surface area contributed by atoms with Crippen LogP contribution in [0.3, 0.4) is 0 Å². The molecule has 0 amide bonds. The van der Waals surface area contributed by atoms with Gasteiger partial charge in [0.05, 0.1) is 0 Å². The summed E-state index contributed by atoms with van der Waals surface area (Å²) in [6, 6.07) is 5.14. The van der Waals surface area contributed by atoms with E-state index in [4.69, 9.17) is 18.1 Å². The monoisotopic (exact) mass is 545 g/mol. The topological polar surface area (TPSA) is 103 Å². The van der Waals surface area contributed by atoms with E-state index in [2.05, 4.69) is 24.6 Å². The Morgan fingerprint density at radius 3 is 1.21 bits per heavy atom. The minimum absolute atomic E-state index is 0. The maximum absolute atomic E-state index is 10.7. The van der Waals surface area contributed by atoms with E-state index < -0.39 is 15.6 Å². The number of hydrogen-bond acceptors (Lipinski definition) is 9. The van der Waals surface area contributed by atoms with Crippen LogP contribution in [0.1, 0.15) is 5.69 Å². The molecule has 1 aromatic rings. The fourth-order valence-corrected chi connectivity index (χ4v) is 3.57. The molecule has 6 saturated heterocycles. The van der Waals surface area contributed by atoms with Crippen LogP contribution in [-0.4, -0.2) is 127 Å². The summed E-state index contributed by atoms with van der Waals surface area (Å²) in [4.78, 5) is 13.9. The zero-order chi connectivity index (χ0) is 23.8. The first-order chi connectivity index (χ1) is 14.9. The number of fused-ring (bicyclic) bond motifs is 6. The smallest absolute Gasteiger partial charge is 0.741 e. The van der Waals surface area contributed by atoms with Crippen LogP contribution in [0.15, 0.2) is 18.2 Å². The zero-order valence-corrected chi connectivity index (χ0v) is 20.2. The van der Waals surface area contributed by atoms with Crippen molar-refractivity contribution in [3.8, 4) is 5.88 Å². The molecule has 1 aromatic heterocycles. The van der Waals surface area contributed by atoms with Gasteiger partial charge in [-0.3, -0.25) is 19.6 Å². The minimum Gasteiger partial charge on any atom is -0.741 e. The van der Waals surface area contributed by atoms with Crippen LogP contribution in [0, 0.1) is 6.92 Å². The molecule has 0 aliphatic carbocycles. The molecule has 6 fully saturated rings. The van der Waals surface area contributed by atoms with Gasteiger partial charge in [0.15, 0.2) is 10.1 Å². The van der Waals surface area contributed by atoms with E-state index in [0.29, 0.717) is 0 Å². The molecule has 0 aromatic carbocycles. The van der Waals surface area contributed by atoms with Gasteiger partial charge in [0.25, 0.3) is 0 Å². The van der Waals surface area contributed by atoms with Crippen molar-refractivity contribution in [2.24, 2.45) is 0 Å². The SMILES string of the molecule is C1CN2CCN1CC2.C1CN2CCN1CC2.Cc1cccc(O)n1.O=S(=O)([O-])C(F)(F)F.[Cu+]. The molecule has 9 nitrogen and oxygen atoms in total. The average molecular weight is 546 g/mol. The van der Waals surface area contributed by atoms with Crippen molar-refractivity contribution in [1.82, 2.24) is 24.6 Å². The molecule has 14 heteroatoms. The van der Waals surface area contributed by atoms with Crippen LogP contribution in [0.2, 0.25) is 0 Å². The summed E-state index contributed by atoms with van der Waals surface area (Å²) in [5.41, 5.74) is -4.81. The second-order valence-corrected chi connectivity index (χ2v) is 9.27. The van der Waals surface area contributed by atoms with Crippen LogP contribution in [0.25, 0.3) is 0 Å². The van der Waals surface area contributed by atoms with E-state index in [1.807, 2.05) is 13.0 Å². The van der Waals surface area contributed by atoms with Crippen LogP contribution < -0.4 is 0 Å². The maximum atomic E-state index is 10.7. The molecule has 0 unspecified atom stereocenters. The molecular formula is C19H31CuF3N5O4S. The summed E-state index contributed by atoms with van der Waals surface area (Å²) in [7, 11) is -6.09. The van der Waals surface area contributed by atoms with Gasteiger partial charge in [0, 0.05) is 90.3 Å². The van der Waals surface area contributed by atoms with E-state index in [9.17, 15) is 13.2 Å². The van der Waals surface area contributed by atoms with E-state index >= 15 is 0 Å². The second-order valence-electron chi connectivity index (χ2n) is 7.90. The van der Waals surface area contributed by atoms with Crippen molar-refractivity contribution in [3.05, 3.63) is 23.9 Å². The van der Waals surface area contributed by atoms with Crippen molar-refractivity contribution < 1.29 is 48.3 Å². The second kappa shape index (κ2) is 13.8. The van der Waals surface area contributed by atoms with Gasteiger partial charge in [-0.2, -0.15) is 13.2 Å². The summed E-state index contributed by atoms with van der Waals surface area (Å²) >= 11 is 0. The molecular weight excluding hydrogens is 515 g/mol. The first-order valence-corrected chi connectivity index (χ1v) is 11.9. The summed E-state index contributed by atoms with van der Waals surface area (Å²) in [5, 5.41) is 8.70. The number of piperazine rings is 6. The van der Waals surface area contributed by atoms with Gasteiger partial charge in [0.1, 0.15) is 0 Å². The molecule has 0 radical (unpaired) electrons. The number of pyridine rings is 1. The van der Waals surface area contributed by atoms with Crippen molar-refractivity contribution in [1.29, 1.82) is 0 Å². The van der Waals surface area contributed by atoms with Gasteiger partial charge < -0.3 is 9.66 Å². The van der Waals surface area contributed by atoms with Crippen molar-refractivity contribution in [3.63, 3.8) is 0 Å². The molecule has 0 spiro atoms. The van der Waals surface area contributed by atoms with Gasteiger partial charge in [-0.25, -0.2) is 13.4 Å². The van der Waals surface area contributed by atoms with Gasteiger partial charge in [0.2, 0.25) is 5.88 Å². The zero-order valence-electron chi connectivity index (χ0n) is 18.5. The van der Waals surface area contributed by atoms with Crippen molar-refractivity contribution in [2.45, 2.75) is 12.4 Å². The number of aromatic hydroxyl groups is 1. The summed E-state index contributed by atoms with van der Waals surface area (Å²) in [6.07, 6.45) is 0. The Morgan fingerprint density at radius 1 is 0.818 bits per heavy atom. The summed E-state index contributed by atoms with van der Waals surface area (Å²) in [6.45, 7) is 17.7. The Morgan fingerprint density at radius 2 is 1.09 bits per heavy atom. The minimum atomic E-state index is -6.09. The molecule has 33 heavy (non-hydrogen) atoms. The Balaban J connectivity index is 0.000000218. The molecule has 4 bridgehead atoms. The number of alkyl halides is 3. The largest absolute Gasteiger partial charge is 1.00 e. The fourth-order valence-electron chi connectivity index (χ4n) is 3.57. The molecule has 1 N–H and O–H groups in total. The van der Waals surface area contributed by atoms with Crippen molar-refractivity contribution >= 4 is 10.1 Å². The third-order valence-corrected chi connectivity index (χ3v) is 6.12. The summed E-state index contributed by atoms with van der Waals surface area (Å²) in [5.74, 6) is 0.0880. The Bertz CT molecular complexity index is 716. The number of hydrogen-bond donors (Lipinski definition) is 1. The maximum Gasteiger partial charge on any atom is 1.00 e. The van der Waals surface area contributed by atoms with Crippen LogP contribution in [-0.2, 0) is 27.2 Å². The molecule has 0 atom stereocenters. The first kappa shape index (κ1) is 30.0. The normalized spacial score (nSPS) is 27.4. The van der Waals surface area contributed by atoms with E-state index in [1.54, 1.807) is 12.1 Å². The number of aryl methyl sites for hydroxylation is 1. The predicted molar refractivity (Wildman–Crippen MR) is 112 cm³/mol. The van der Waals surface area contributed by atoms with E-state index in [1.165, 1.54) is 78.5 Å².